The Morgan fingerprint density at radius 3 is 2.66 bits per heavy atom. The summed E-state index contributed by atoms with van der Waals surface area (Å²) in [5.41, 5.74) is 4.15. The van der Waals surface area contributed by atoms with Gasteiger partial charge in [-0.25, -0.2) is 9.97 Å². The Morgan fingerprint density at radius 1 is 1.24 bits per heavy atom. The molecule has 0 saturated carbocycles. The van der Waals surface area contributed by atoms with E-state index in [0.717, 1.165) is 22.5 Å². The van der Waals surface area contributed by atoms with Crippen LogP contribution < -0.4 is 25.0 Å². The van der Waals surface area contributed by atoms with Crippen molar-refractivity contribution < 1.29 is 19.0 Å². The van der Waals surface area contributed by atoms with Crippen LogP contribution in [0.1, 0.15) is 24.9 Å². The van der Waals surface area contributed by atoms with E-state index in [2.05, 4.69) is 27.1 Å². The first kappa shape index (κ1) is 26.6. The zero-order valence-electron chi connectivity index (χ0n) is 21.1. The number of thiophene rings is 1. The quantitative estimate of drug-likeness (QED) is 0.350. The van der Waals surface area contributed by atoms with Gasteiger partial charge in [0.2, 0.25) is 11.9 Å². The summed E-state index contributed by atoms with van der Waals surface area (Å²) in [5, 5.41) is 11.2. The van der Waals surface area contributed by atoms with Crippen molar-refractivity contribution in [2.75, 3.05) is 37.7 Å². The van der Waals surface area contributed by atoms with E-state index in [-0.39, 0.29) is 24.0 Å². The number of carbonyl (C=O) groups is 1. The number of ether oxygens (including phenoxy) is 3. The van der Waals surface area contributed by atoms with E-state index >= 15 is 0 Å². The third kappa shape index (κ3) is 4.66. The summed E-state index contributed by atoms with van der Waals surface area (Å²) < 4.78 is 16.7. The predicted octanol–water partition coefficient (Wildman–Crippen LogP) is 5.61. The zero-order valence-corrected chi connectivity index (χ0v) is 23.4. The highest BCUT2D eigenvalue weighted by Crippen LogP contribution is 2.55. The van der Waals surface area contributed by atoms with E-state index in [1.54, 1.807) is 31.6 Å². The fourth-order valence-corrected chi connectivity index (χ4v) is 6.33. The smallest absolute Gasteiger partial charge is 0.243 e. The number of hydrogen-bond acceptors (Lipinski definition) is 9. The molecule has 38 heavy (non-hydrogen) atoms. The summed E-state index contributed by atoms with van der Waals surface area (Å²) in [6.45, 7) is 6.58. The molecule has 1 unspecified atom stereocenters. The largest absolute Gasteiger partial charge is 0.495 e. The van der Waals surface area contributed by atoms with E-state index in [4.69, 9.17) is 42.4 Å². The molecule has 0 aliphatic carbocycles. The number of benzene rings is 1. The second kappa shape index (κ2) is 11.0. The molecule has 3 atom stereocenters. The van der Waals surface area contributed by atoms with Crippen molar-refractivity contribution >= 4 is 57.8 Å². The lowest BCUT2D eigenvalue weighted by atomic mass is 9.95. The van der Waals surface area contributed by atoms with Crippen LogP contribution in [0, 0.1) is 0 Å². The minimum Gasteiger partial charge on any atom is -0.495 e. The Morgan fingerprint density at radius 2 is 1.97 bits per heavy atom. The SMILES string of the molecule is C=CC(=O)N[C@H]1CCOC[C@H]1Nc1ncc2c(n1)-c1cscc1N(c1c(Cl)c(OC)cc(OC)c1Cl)C2C. The van der Waals surface area contributed by atoms with Crippen molar-refractivity contribution in [1.29, 1.82) is 0 Å². The van der Waals surface area contributed by atoms with E-state index in [0.29, 0.717) is 52.8 Å². The second-order valence-electron chi connectivity index (χ2n) is 8.91. The van der Waals surface area contributed by atoms with Gasteiger partial charge in [0.1, 0.15) is 21.5 Å². The van der Waals surface area contributed by atoms with Crippen LogP contribution in [0.25, 0.3) is 11.3 Å². The van der Waals surface area contributed by atoms with E-state index in [1.165, 1.54) is 6.08 Å². The fourth-order valence-electron chi connectivity index (χ4n) is 4.84. The molecule has 1 amide bonds. The lowest BCUT2D eigenvalue weighted by Crippen LogP contribution is -2.52. The van der Waals surface area contributed by atoms with Crippen LogP contribution in [-0.4, -0.2) is 55.4 Å². The number of halogens is 2. The first-order valence-electron chi connectivity index (χ1n) is 12.0. The number of nitrogens with one attached hydrogen (secondary N) is 2. The van der Waals surface area contributed by atoms with Crippen molar-refractivity contribution in [3.63, 3.8) is 0 Å². The molecular formula is C26H27Cl2N5O4S. The Kier molecular flexibility index (Phi) is 7.67. The molecule has 2 aromatic heterocycles. The van der Waals surface area contributed by atoms with Gasteiger partial charge in [0.15, 0.2) is 0 Å². The highest BCUT2D eigenvalue weighted by molar-refractivity contribution is 7.08. The second-order valence-corrected chi connectivity index (χ2v) is 10.4. The summed E-state index contributed by atoms with van der Waals surface area (Å²) in [5.74, 6) is 1.15. The number of nitrogens with zero attached hydrogens (tertiary/aromatic N) is 3. The van der Waals surface area contributed by atoms with Gasteiger partial charge in [-0.05, 0) is 19.4 Å². The van der Waals surface area contributed by atoms with Crippen molar-refractivity contribution in [2.45, 2.75) is 31.5 Å². The van der Waals surface area contributed by atoms with E-state index in [1.807, 2.05) is 23.9 Å². The van der Waals surface area contributed by atoms with Crippen molar-refractivity contribution in [1.82, 2.24) is 15.3 Å². The highest BCUT2D eigenvalue weighted by Gasteiger charge is 2.36. The van der Waals surface area contributed by atoms with Crippen LogP contribution in [0.5, 0.6) is 11.5 Å². The molecular weight excluding hydrogens is 549 g/mol. The number of rotatable bonds is 7. The molecule has 200 valence electrons. The molecule has 0 radical (unpaired) electrons. The van der Waals surface area contributed by atoms with E-state index < -0.39 is 0 Å². The van der Waals surface area contributed by atoms with Crippen LogP contribution in [-0.2, 0) is 9.53 Å². The van der Waals surface area contributed by atoms with Gasteiger partial charge >= 0.3 is 0 Å². The van der Waals surface area contributed by atoms with Gasteiger partial charge in [-0.15, -0.1) is 11.3 Å². The molecule has 12 heteroatoms. The summed E-state index contributed by atoms with van der Waals surface area (Å²) in [6, 6.07) is 1.15. The lowest BCUT2D eigenvalue weighted by molar-refractivity contribution is -0.117. The van der Waals surface area contributed by atoms with Gasteiger partial charge in [0, 0.05) is 40.8 Å². The molecule has 4 heterocycles. The first-order valence-corrected chi connectivity index (χ1v) is 13.7. The van der Waals surface area contributed by atoms with Gasteiger partial charge in [0.25, 0.3) is 0 Å². The molecule has 1 fully saturated rings. The van der Waals surface area contributed by atoms with Gasteiger partial charge in [-0.1, -0.05) is 29.8 Å². The standard InChI is InChI=1S/C26H27Cl2N5O4S/c1-5-21(34)30-16-6-7-37-10-17(16)31-26-29-9-14-13(2)33(18-12-38-11-15(18)24(14)32-26)25-22(27)19(35-3)8-20(36-4)23(25)28/h5,8-9,11-13,16-17H,1,6-7,10H2,2-4H3,(H,30,34)(H,29,31,32)/t13?,16-,17+/m0/s1. The molecule has 1 saturated heterocycles. The molecule has 0 spiro atoms. The Labute approximate surface area is 234 Å². The van der Waals surface area contributed by atoms with Gasteiger partial charge < -0.3 is 29.7 Å². The summed E-state index contributed by atoms with van der Waals surface area (Å²) in [6.07, 6.45) is 3.75. The lowest BCUT2D eigenvalue weighted by Gasteiger charge is -2.38. The number of aromatic nitrogens is 2. The molecule has 2 aliphatic heterocycles. The van der Waals surface area contributed by atoms with Crippen LogP contribution in [0.4, 0.5) is 17.3 Å². The van der Waals surface area contributed by atoms with Crippen LogP contribution in [0.2, 0.25) is 10.0 Å². The Hall–Kier alpha value is -3.05. The number of amides is 1. The number of anilines is 3. The number of hydrogen-bond donors (Lipinski definition) is 2. The molecule has 3 aromatic rings. The number of methoxy groups -OCH3 is 2. The average molecular weight is 577 g/mol. The number of carbonyl (C=O) groups excluding carboxylic acids is 1. The van der Waals surface area contributed by atoms with Crippen molar-refractivity contribution in [3.8, 4) is 22.8 Å². The minimum atomic E-state index is -0.224. The summed E-state index contributed by atoms with van der Waals surface area (Å²) >= 11 is 15.2. The maximum Gasteiger partial charge on any atom is 0.243 e. The average Bonchev–Trinajstić information content (AvgIpc) is 3.41. The predicted molar refractivity (Wildman–Crippen MR) is 150 cm³/mol. The minimum absolute atomic E-state index is 0.132. The van der Waals surface area contributed by atoms with Crippen molar-refractivity contribution in [2.24, 2.45) is 0 Å². The molecule has 2 N–H and O–H groups in total. The van der Waals surface area contributed by atoms with Crippen LogP contribution in [0.3, 0.4) is 0 Å². The molecule has 1 aromatic carbocycles. The normalized spacial score (nSPS) is 20.2. The van der Waals surface area contributed by atoms with Gasteiger partial charge in [-0.3, -0.25) is 4.79 Å². The summed E-state index contributed by atoms with van der Waals surface area (Å²) in [4.78, 5) is 23.5. The maximum atomic E-state index is 11.9. The molecule has 9 nitrogen and oxygen atoms in total. The molecule has 5 rings (SSSR count). The third-order valence-corrected chi connectivity index (χ3v) is 8.25. The Bertz CT molecular complexity index is 1360. The van der Waals surface area contributed by atoms with E-state index in [9.17, 15) is 4.79 Å². The summed E-state index contributed by atoms with van der Waals surface area (Å²) in [7, 11) is 3.10. The highest BCUT2D eigenvalue weighted by atomic mass is 35.5. The monoisotopic (exact) mass is 575 g/mol. The molecule has 2 aliphatic rings. The van der Waals surface area contributed by atoms with Gasteiger partial charge in [0.05, 0.1) is 56.0 Å². The maximum absolute atomic E-state index is 11.9. The van der Waals surface area contributed by atoms with Crippen LogP contribution in [0.15, 0.2) is 35.7 Å². The third-order valence-electron chi connectivity index (χ3n) is 6.79. The zero-order chi connectivity index (χ0) is 27.0. The Balaban J connectivity index is 1.52. The first-order chi connectivity index (χ1) is 18.4. The molecule has 0 bridgehead atoms. The fraction of sp³-hybridized carbons (Fsp3) is 0.346. The van der Waals surface area contributed by atoms with Crippen molar-refractivity contribution in [3.05, 3.63) is 51.3 Å². The topological polar surface area (TPSA) is 97.8 Å². The number of fused-ring (bicyclic) bond motifs is 3. The van der Waals surface area contributed by atoms with Gasteiger partial charge in [-0.2, -0.15) is 0 Å². The van der Waals surface area contributed by atoms with Crippen LogP contribution >= 0.6 is 34.5 Å².